The molecule has 4 rings (SSSR count). The molecule has 1 N–H and O–H groups in total. The Morgan fingerprint density at radius 1 is 1.04 bits per heavy atom. The third-order valence-corrected chi connectivity index (χ3v) is 5.84. The number of hydrogen-bond donors (Lipinski definition) is 1. The molecule has 0 amide bonds. The zero-order valence-electron chi connectivity index (χ0n) is 15.1. The highest BCUT2D eigenvalue weighted by atomic mass is 32.2. The molecule has 28 heavy (non-hydrogen) atoms. The predicted octanol–water partition coefficient (Wildman–Crippen LogP) is 4.33. The fraction of sp³-hybridized carbons (Fsp3) is 0.0952. The van der Waals surface area contributed by atoms with Crippen molar-refractivity contribution in [3.8, 4) is 0 Å². The van der Waals surface area contributed by atoms with E-state index in [1.807, 2.05) is 13.0 Å². The number of anilines is 1. The molecular weight excluding hydrogens is 377 g/mol. The van der Waals surface area contributed by atoms with Gasteiger partial charge in [0.25, 0.3) is 10.0 Å². The summed E-state index contributed by atoms with van der Waals surface area (Å²) in [5.41, 5.74) is 3.08. The molecule has 0 atom stereocenters. The van der Waals surface area contributed by atoms with Crippen molar-refractivity contribution in [3.63, 3.8) is 0 Å². The van der Waals surface area contributed by atoms with E-state index in [-0.39, 0.29) is 10.7 Å². The molecule has 3 aromatic carbocycles. The summed E-state index contributed by atoms with van der Waals surface area (Å²) in [5, 5.41) is 5.13. The van der Waals surface area contributed by atoms with Gasteiger partial charge in [0.15, 0.2) is 0 Å². The van der Waals surface area contributed by atoms with Gasteiger partial charge in [0.05, 0.1) is 23.2 Å². The molecule has 142 valence electrons. The Bertz CT molecular complexity index is 1250. The van der Waals surface area contributed by atoms with Crippen molar-refractivity contribution in [3.05, 3.63) is 89.9 Å². The average molecular weight is 395 g/mol. The summed E-state index contributed by atoms with van der Waals surface area (Å²) in [7, 11) is -3.66. The van der Waals surface area contributed by atoms with Crippen LogP contribution in [0.25, 0.3) is 10.9 Å². The van der Waals surface area contributed by atoms with Gasteiger partial charge in [-0.05, 0) is 55.0 Å². The molecular formula is C21H18FN3O2S. The summed E-state index contributed by atoms with van der Waals surface area (Å²) in [4.78, 5) is 0.208. The first-order valence-corrected chi connectivity index (χ1v) is 10.2. The molecule has 0 saturated heterocycles. The number of fused-ring (bicyclic) bond motifs is 1. The summed E-state index contributed by atoms with van der Waals surface area (Å²) in [6.07, 6.45) is 1.66. The number of aromatic nitrogens is 2. The van der Waals surface area contributed by atoms with Crippen molar-refractivity contribution in [2.75, 3.05) is 4.72 Å². The first kappa shape index (κ1) is 18.2. The van der Waals surface area contributed by atoms with Gasteiger partial charge in [-0.3, -0.25) is 9.40 Å². The van der Waals surface area contributed by atoms with Crippen molar-refractivity contribution in [2.24, 2.45) is 0 Å². The molecule has 1 aromatic heterocycles. The monoisotopic (exact) mass is 395 g/mol. The maximum atomic E-state index is 13.4. The highest BCUT2D eigenvalue weighted by Crippen LogP contribution is 2.23. The van der Waals surface area contributed by atoms with E-state index in [0.717, 1.165) is 22.0 Å². The molecule has 0 aliphatic heterocycles. The minimum Gasteiger partial charge on any atom is -0.280 e. The Morgan fingerprint density at radius 2 is 1.82 bits per heavy atom. The number of benzene rings is 3. The first-order chi connectivity index (χ1) is 13.4. The Kier molecular flexibility index (Phi) is 4.60. The van der Waals surface area contributed by atoms with Crippen molar-refractivity contribution < 1.29 is 12.8 Å². The second-order valence-corrected chi connectivity index (χ2v) is 8.31. The molecule has 5 nitrogen and oxygen atoms in total. The largest absolute Gasteiger partial charge is 0.280 e. The maximum Gasteiger partial charge on any atom is 0.261 e. The molecule has 7 heteroatoms. The fourth-order valence-corrected chi connectivity index (χ4v) is 4.07. The lowest BCUT2D eigenvalue weighted by Gasteiger charge is -2.09. The molecule has 4 aromatic rings. The smallest absolute Gasteiger partial charge is 0.261 e. The first-order valence-electron chi connectivity index (χ1n) is 8.70. The Labute approximate surface area is 162 Å². The second-order valence-electron chi connectivity index (χ2n) is 6.62. The van der Waals surface area contributed by atoms with Crippen LogP contribution in [-0.4, -0.2) is 18.2 Å². The molecule has 0 saturated carbocycles. The number of nitrogens with one attached hydrogen (secondary N) is 1. The molecule has 0 bridgehead atoms. The molecule has 0 radical (unpaired) electrons. The third-order valence-electron chi connectivity index (χ3n) is 4.45. The van der Waals surface area contributed by atoms with E-state index in [1.165, 1.54) is 12.1 Å². The molecule has 0 spiro atoms. The highest BCUT2D eigenvalue weighted by molar-refractivity contribution is 7.92. The summed E-state index contributed by atoms with van der Waals surface area (Å²) >= 11 is 0. The quantitative estimate of drug-likeness (QED) is 0.547. The lowest BCUT2D eigenvalue weighted by atomic mass is 10.2. The van der Waals surface area contributed by atoms with E-state index in [0.29, 0.717) is 12.2 Å². The van der Waals surface area contributed by atoms with Gasteiger partial charge in [-0.15, -0.1) is 0 Å². The summed E-state index contributed by atoms with van der Waals surface area (Å²) in [6.45, 7) is 2.33. The van der Waals surface area contributed by atoms with E-state index in [2.05, 4.69) is 9.82 Å². The maximum absolute atomic E-state index is 13.4. The van der Waals surface area contributed by atoms with Crippen molar-refractivity contribution >= 4 is 26.6 Å². The minimum absolute atomic E-state index is 0.208. The van der Waals surface area contributed by atoms with Crippen LogP contribution in [-0.2, 0) is 16.6 Å². The predicted molar refractivity (Wildman–Crippen MR) is 107 cm³/mol. The summed E-state index contributed by atoms with van der Waals surface area (Å²) in [5.74, 6) is -0.290. The van der Waals surface area contributed by atoms with Gasteiger partial charge in [-0.1, -0.05) is 29.8 Å². The van der Waals surface area contributed by atoms with E-state index < -0.39 is 10.0 Å². The van der Waals surface area contributed by atoms with Crippen LogP contribution < -0.4 is 4.72 Å². The van der Waals surface area contributed by atoms with Gasteiger partial charge in [-0.2, -0.15) is 5.10 Å². The zero-order valence-corrected chi connectivity index (χ0v) is 15.9. The molecule has 0 aliphatic carbocycles. The number of aryl methyl sites for hydroxylation is 1. The number of halogens is 1. The average Bonchev–Trinajstić information content (AvgIpc) is 3.04. The summed E-state index contributed by atoms with van der Waals surface area (Å²) < 4.78 is 42.9. The Morgan fingerprint density at radius 3 is 2.57 bits per heavy atom. The van der Waals surface area contributed by atoms with Crippen LogP contribution in [0.1, 0.15) is 11.1 Å². The van der Waals surface area contributed by atoms with Gasteiger partial charge in [-0.25, -0.2) is 12.8 Å². The third kappa shape index (κ3) is 3.75. The minimum atomic E-state index is -3.66. The number of sulfonamides is 1. The van der Waals surface area contributed by atoms with Crippen LogP contribution in [0.2, 0.25) is 0 Å². The van der Waals surface area contributed by atoms with Gasteiger partial charge < -0.3 is 0 Å². The van der Waals surface area contributed by atoms with Crippen LogP contribution in [0.3, 0.4) is 0 Å². The lowest BCUT2D eigenvalue weighted by Crippen LogP contribution is -2.12. The van der Waals surface area contributed by atoms with Crippen LogP contribution in [0.15, 0.2) is 77.8 Å². The van der Waals surface area contributed by atoms with Crippen molar-refractivity contribution in [1.29, 1.82) is 0 Å². The SMILES string of the molecule is Cc1ccc(S(=O)(=O)Nc2ccc3c(cnn3Cc3cccc(F)c3)c2)cc1. The van der Waals surface area contributed by atoms with Gasteiger partial charge in [0.2, 0.25) is 0 Å². The van der Waals surface area contributed by atoms with Gasteiger partial charge >= 0.3 is 0 Å². The highest BCUT2D eigenvalue weighted by Gasteiger charge is 2.14. The normalized spacial score (nSPS) is 11.6. The van der Waals surface area contributed by atoms with Crippen LogP contribution in [0, 0.1) is 12.7 Å². The number of rotatable bonds is 5. The standard InChI is InChI=1S/C21H18FN3O2S/c1-15-5-8-20(9-6-15)28(26,27)24-19-7-10-21-17(12-19)13-23-25(21)14-16-3-2-4-18(22)11-16/h2-13,24H,14H2,1H3. The molecule has 0 unspecified atom stereocenters. The number of nitrogens with zero attached hydrogens (tertiary/aromatic N) is 2. The van der Waals surface area contributed by atoms with E-state index >= 15 is 0 Å². The van der Waals surface area contributed by atoms with Crippen LogP contribution in [0.4, 0.5) is 10.1 Å². The van der Waals surface area contributed by atoms with E-state index in [4.69, 9.17) is 0 Å². The number of hydrogen-bond acceptors (Lipinski definition) is 3. The summed E-state index contributed by atoms with van der Waals surface area (Å²) in [6, 6.07) is 18.3. The van der Waals surface area contributed by atoms with Crippen LogP contribution in [0.5, 0.6) is 0 Å². The molecule has 0 fully saturated rings. The zero-order chi connectivity index (χ0) is 19.7. The second kappa shape index (κ2) is 7.09. The Balaban J connectivity index is 1.59. The van der Waals surface area contributed by atoms with E-state index in [1.54, 1.807) is 59.4 Å². The van der Waals surface area contributed by atoms with E-state index in [9.17, 15) is 12.8 Å². The van der Waals surface area contributed by atoms with Gasteiger partial charge in [0, 0.05) is 11.1 Å². The fourth-order valence-electron chi connectivity index (χ4n) is 3.02. The van der Waals surface area contributed by atoms with Gasteiger partial charge in [0.1, 0.15) is 5.82 Å². The lowest BCUT2D eigenvalue weighted by molar-refractivity contribution is 0.601. The molecule has 0 aliphatic rings. The van der Waals surface area contributed by atoms with Crippen LogP contribution >= 0.6 is 0 Å². The molecule has 1 heterocycles. The van der Waals surface area contributed by atoms with Crippen molar-refractivity contribution in [1.82, 2.24) is 9.78 Å². The topological polar surface area (TPSA) is 64.0 Å². The van der Waals surface area contributed by atoms with Crippen molar-refractivity contribution in [2.45, 2.75) is 18.4 Å². The Hall–Kier alpha value is -3.19.